The number of carbonyl (C=O) groups is 2. The van der Waals surface area contributed by atoms with Crippen molar-refractivity contribution in [3.8, 4) is 0 Å². The Balaban J connectivity index is 2.08. The SMILES string of the molecule is CCO[C@H]1C[C@@](NC(=O)OC(C)(C)C)(C(=O)NCCc2csc(C(C)C)n2)C1(C)C. The first-order valence-corrected chi connectivity index (χ1v) is 11.6. The van der Waals surface area contributed by atoms with Gasteiger partial charge < -0.3 is 20.1 Å². The first-order chi connectivity index (χ1) is 13.8. The lowest BCUT2D eigenvalue weighted by Gasteiger charge is -2.59. The second-order valence-electron chi connectivity index (χ2n) is 9.74. The van der Waals surface area contributed by atoms with Gasteiger partial charge in [0.25, 0.3) is 0 Å². The molecule has 1 aliphatic carbocycles. The first kappa shape index (κ1) is 24.6. The van der Waals surface area contributed by atoms with Gasteiger partial charge in [-0.1, -0.05) is 27.7 Å². The van der Waals surface area contributed by atoms with Gasteiger partial charge in [-0.25, -0.2) is 9.78 Å². The lowest BCUT2D eigenvalue weighted by Crippen LogP contribution is -2.78. The zero-order valence-electron chi connectivity index (χ0n) is 19.5. The number of thiazole rings is 1. The molecule has 8 heteroatoms. The Morgan fingerprint density at radius 1 is 1.33 bits per heavy atom. The van der Waals surface area contributed by atoms with E-state index in [0.29, 0.717) is 31.9 Å². The molecule has 2 atom stereocenters. The maximum absolute atomic E-state index is 13.3. The van der Waals surface area contributed by atoms with Gasteiger partial charge in [-0.05, 0) is 27.7 Å². The van der Waals surface area contributed by atoms with Crippen LogP contribution in [-0.2, 0) is 20.7 Å². The number of amides is 2. The molecule has 0 aromatic carbocycles. The Morgan fingerprint density at radius 2 is 2.00 bits per heavy atom. The molecule has 0 spiro atoms. The molecule has 1 aromatic heterocycles. The van der Waals surface area contributed by atoms with Gasteiger partial charge in [-0.15, -0.1) is 11.3 Å². The van der Waals surface area contributed by atoms with Crippen LogP contribution >= 0.6 is 11.3 Å². The molecule has 1 heterocycles. The Morgan fingerprint density at radius 3 is 2.50 bits per heavy atom. The molecule has 2 rings (SSSR count). The quantitative estimate of drug-likeness (QED) is 0.638. The van der Waals surface area contributed by atoms with E-state index in [2.05, 4.69) is 29.5 Å². The summed E-state index contributed by atoms with van der Waals surface area (Å²) >= 11 is 1.64. The number of aromatic nitrogens is 1. The molecular formula is C22H37N3O4S. The van der Waals surface area contributed by atoms with E-state index < -0.39 is 22.6 Å². The molecule has 170 valence electrons. The summed E-state index contributed by atoms with van der Waals surface area (Å²) in [6, 6.07) is 0. The summed E-state index contributed by atoms with van der Waals surface area (Å²) in [6.07, 6.45) is 0.344. The third-order valence-electron chi connectivity index (χ3n) is 5.60. The van der Waals surface area contributed by atoms with Crippen LogP contribution in [0.3, 0.4) is 0 Å². The van der Waals surface area contributed by atoms with Gasteiger partial charge in [0, 0.05) is 42.7 Å². The average Bonchev–Trinajstić information content (AvgIpc) is 3.08. The van der Waals surface area contributed by atoms with Crippen LogP contribution in [0, 0.1) is 5.41 Å². The zero-order valence-corrected chi connectivity index (χ0v) is 20.4. The van der Waals surface area contributed by atoms with E-state index in [9.17, 15) is 9.59 Å². The average molecular weight is 440 g/mol. The third kappa shape index (κ3) is 5.32. The molecule has 0 radical (unpaired) electrons. The molecular weight excluding hydrogens is 402 g/mol. The highest BCUT2D eigenvalue weighted by Gasteiger charge is 2.66. The Kier molecular flexibility index (Phi) is 7.56. The van der Waals surface area contributed by atoms with Crippen LogP contribution in [0.15, 0.2) is 5.38 Å². The Hall–Kier alpha value is -1.67. The van der Waals surface area contributed by atoms with Crippen LogP contribution in [0.4, 0.5) is 4.79 Å². The number of nitrogens with zero attached hydrogens (tertiary/aromatic N) is 1. The lowest BCUT2D eigenvalue weighted by molar-refractivity contribution is -0.178. The smallest absolute Gasteiger partial charge is 0.408 e. The second-order valence-corrected chi connectivity index (χ2v) is 10.6. The number of carbonyl (C=O) groups excluding carboxylic acids is 2. The van der Waals surface area contributed by atoms with Crippen LogP contribution < -0.4 is 10.6 Å². The molecule has 1 fully saturated rings. The molecule has 0 saturated heterocycles. The second kappa shape index (κ2) is 9.22. The molecule has 0 unspecified atom stereocenters. The van der Waals surface area contributed by atoms with Gasteiger partial charge >= 0.3 is 6.09 Å². The maximum atomic E-state index is 13.3. The first-order valence-electron chi connectivity index (χ1n) is 10.7. The van der Waals surface area contributed by atoms with E-state index >= 15 is 0 Å². The van der Waals surface area contributed by atoms with Crippen molar-refractivity contribution in [3.63, 3.8) is 0 Å². The highest BCUT2D eigenvalue weighted by molar-refractivity contribution is 7.09. The van der Waals surface area contributed by atoms with Crippen LogP contribution in [0.1, 0.15) is 78.4 Å². The zero-order chi connectivity index (χ0) is 22.7. The summed E-state index contributed by atoms with van der Waals surface area (Å²) in [5, 5.41) is 9.00. The molecule has 30 heavy (non-hydrogen) atoms. The van der Waals surface area contributed by atoms with Gasteiger partial charge in [-0.3, -0.25) is 4.79 Å². The molecule has 2 N–H and O–H groups in total. The third-order valence-corrected chi connectivity index (χ3v) is 6.79. The molecule has 0 bridgehead atoms. The fourth-order valence-corrected chi connectivity index (χ4v) is 4.57. The molecule has 2 amide bonds. The van der Waals surface area contributed by atoms with Crippen LogP contribution in [0.25, 0.3) is 0 Å². The van der Waals surface area contributed by atoms with Gasteiger partial charge in [0.05, 0.1) is 16.8 Å². The van der Waals surface area contributed by atoms with Gasteiger partial charge in [0.1, 0.15) is 11.1 Å². The van der Waals surface area contributed by atoms with Crippen molar-refractivity contribution in [3.05, 3.63) is 16.1 Å². The van der Waals surface area contributed by atoms with Crippen molar-refractivity contribution in [2.75, 3.05) is 13.2 Å². The van der Waals surface area contributed by atoms with E-state index in [1.54, 1.807) is 32.1 Å². The highest BCUT2D eigenvalue weighted by atomic mass is 32.1. The Labute approximate surface area is 184 Å². The van der Waals surface area contributed by atoms with Crippen LogP contribution in [-0.4, -0.2) is 47.4 Å². The number of rotatable bonds is 8. The fraction of sp³-hybridized carbons (Fsp3) is 0.773. The number of hydrogen-bond donors (Lipinski definition) is 2. The maximum Gasteiger partial charge on any atom is 0.408 e. The summed E-state index contributed by atoms with van der Waals surface area (Å²) in [5.41, 5.74) is -1.33. The monoisotopic (exact) mass is 439 g/mol. The largest absolute Gasteiger partial charge is 0.444 e. The van der Waals surface area contributed by atoms with E-state index in [1.807, 2.05) is 26.2 Å². The topological polar surface area (TPSA) is 89.5 Å². The molecule has 1 saturated carbocycles. The lowest BCUT2D eigenvalue weighted by atomic mass is 9.53. The molecule has 0 aliphatic heterocycles. The van der Waals surface area contributed by atoms with E-state index in [4.69, 9.17) is 9.47 Å². The van der Waals surface area contributed by atoms with E-state index in [1.165, 1.54) is 0 Å². The van der Waals surface area contributed by atoms with Crippen molar-refractivity contribution >= 4 is 23.3 Å². The normalized spacial score (nSPS) is 23.0. The van der Waals surface area contributed by atoms with E-state index in [0.717, 1.165) is 10.7 Å². The van der Waals surface area contributed by atoms with Crippen molar-refractivity contribution in [2.24, 2.45) is 5.41 Å². The molecule has 1 aliphatic rings. The van der Waals surface area contributed by atoms with Crippen LogP contribution in [0.2, 0.25) is 0 Å². The van der Waals surface area contributed by atoms with E-state index in [-0.39, 0.29) is 12.0 Å². The Bertz CT molecular complexity index is 754. The molecule has 7 nitrogen and oxygen atoms in total. The number of hydrogen-bond acceptors (Lipinski definition) is 6. The number of ether oxygens (including phenoxy) is 2. The summed E-state index contributed by atoms with van der Waals surface area (Å²) in [7, 11) is 0. The number of nitrogens with one attached hydrogen (secondary N) is 2. The van der Waals surface area contributed by atoms with Gasteiger partial charge in [0.15, 0.2) is 0 Å². The minimum absolute atomic E-state index is 0.115. The van der Waals surface area contributed by atoms with Crippen LogP contribution in [0.5, 0.6) is 0 Å². The summed E-state index contributed by atoms with van der Waals surface area (Å²) < 4.78 is 11.2. The predicted molar refractivity (Wildman–Crippen MR) is 119 cm³/mol. The molecule has 1 aromatic rings. The highest BCUT2D eigenvalue weighted by Crippen LogP contribution is 2.51. The van der Waals surface area contributed by atoms with Crippen molar-refractivity contribution < 1.29 is 19.1 Å². The minimum Gasteiger partial charge on any atom is -0.444 e. The summed E-state index contributed by atoms with van der Waals surface area (Å²) in [5.74, 6) is 0.180. The van der Waals surface area contributed by atoms with Gasteiger partial charge in [0.2, 0.25) is 5.91 Å². The van der Waals surface area contributed by atoms with Crippen molar-refractivity contribution in [1.82, 2.24) is 15.6 Å². The van der Waals surface area contributed by atoms with Crippen molar-refractivity contribution in [2.45, 2.75) is 91.4 Å². The number of alkyl carbamates (subject to hydrolysis) is 1. The minimum atomic E-state index is -1.08. The van der Waals surface area contributed by atoms with Crippen molar-refractivity contribution in [1.29, 1.82) is 0 Å². The predicted octanol–water partition coefficient (Wildman–Crippen LogP) is 4.02. The summed E-state index contributed by atoms with van der Waals surface area (Å²) in [4.78, 5) is 30.4. The fourth-order valence-electron chi connectivity index (χ4n) is 3.70. The standard InChI is InChI=1S/C22H37N3O4S/c1-9-28-16-12-22(21(16,7)8,25-19(27)29-20(4,5)6)18(26)23-11-10-15-13-30-17(24-15)14(2)3/h13-14,16H,9-12H2,1-8H3,(H,23,26)(H,25,27)/t16-,22+/m0/s1. The summed E-state index contributed by atoms with van der Waals surface area (Å²) in [6.45, 7) is 16.5. The van der Waals surface area contributed by atoms with Gasteiger partial charge in [-0.2, -0.15) is 0 Å².